The van der Waals surface area contributed by atoms with E-state index in [4.69, 9.17) is 29.4 Å². The first-order valence-electron chi connectivity index (χ1n) is 24.1. The highest BCUT2D eigenvalue weighted by Crippen LogP contribution is 2.43. The number of hydrogen-bond donors (Lipinski definition) is 3. The van der Waals surface area contributed by atoms with Crippen molar-refractivity contribution in [1.29, 1.82) is 0 Å². The molecule has 340 valence electrons. The predicted octanol–water partition coefficient (Wildman–Crippen LogP) is 13.5. The fourth-order valence-electron chi connectivity index (χ4n) is 7.14. The maximum atomic E-state index is 12.7. The van der Waals surface area contributed by atoms with E-state index in [0.29, 0.717) is 6.61 Å². The minimum absolute atomic E-state index is 0.0262. The van der Waals surface area contributed by atoms with Crippen LogP contribution in [0.1, 0.15) is 245 Å². The number of phosphoric acid groups is 1. The molecule has 4 N–H and O–H groups in total. The van der Waals surface area contributed by atoms with Gasteiger partial charge in [0.05, 0.1) is 19.8 Å². The van der Waals surface area contributed by atoms with E-state index in [1.165, 1.54) is 186 Å². The summed E-state index contributed by atoms with van der Waals surface area (Å²) in [6.45, 7) is 3.95. The molecule has 0 aromatic heterocycles. The average Bonchev–Trinajstić information content (AvgIpc) is 3.19. The Labute approximate surface area is 350 Å². The van der Waals surface area contributed by atoms with Crippen molar-refractivity contribution in [3.05, 3.63) is 0 Å². The number of unbranched alkanes of at least 4 members (excludes halogenated alkanes) is 33. The van der Waals surface area contributed by atoms with Crippen molar-refractivity contribution in [1.82, 2.24) is 0 Å². The zero-order valence-electron chi connectivity index (χ0n) is 37.2. The van der Waals surface area contributed by atoms with Gasteiger partial charge in [0.2, 0.25) is 0 Å². The van der Waals surface area contributed by atoms with Crippen LogP contribution in [0.5, 0.6) is 0 Å². The average molecular weight is 834 g/mol. The number of phosphoric ester groups is 1. The summed E-state index contributed by atoms with van der Waals surface area (Å²) in [6.07, 6.45) is 44.4. The summed E-state index contributed by atoms with van der Waals surface area (Å²) in [5, 5.41) is 8.91. The Bertz CT molecular complexity index is 924. The zero-order chi connectivity index (χ0) is 41.9. The standard InChI is InChI=1S/C46H92NO9P/c1-3-5-7-9-11-13-15-17-19-21-23-25-27-29-31-33-35-37-39-53-40-43(41-54-57(51,52)55-42-44(47)46(49)50)56-45(48)38-36-34-32-30-28-26-24-22-20-18-16-14-12-10-8-6-4-2/h43-44H,3-42,47H2,1-2H3,(H,49,50)(H,51,52). The molecule has 0 fully saturated rings. The second kappa shape index (κ2) is 43.1. The number of carbonyl (C=O) groups excluding carboxylic acids is 1. The maximum Gasteiger partial charge on any atom is 0.472 e. The normalized spacial score (nSPS) is 13.8. The lowest BCUT2D eigenvalue weighted by Gasteiger charge is -2.20. The molecule has 0 aromatic rings. The summed E-state index contributed by atoms with van der Waals surface area (Å²) in [4.78, 5) is 33.6. The van der Waals surface area contributed by atoms with Crippen molar-refractivity contribution >= 4 is 19.8 Å². The third kappa shape index (κ3) is 42.9. The molecule has 3 unspecified atom stereocenters. The third-order valence-electron chi connectivity index (χ3n) is 10.9. The topological polar surface area (TPSA) is 155 Å². The summed E-state index contributed by atoms with van der Waals surface area (Å²) >= 11 is 0. The number of esters is 1. The van der Waals surface area contributed by atoms with Gasteiger partial charge in [-0.2, -0.15) is 0 Å². The van der Waals surface area contributed by atoms with Gasteiger partial charge in [-0.3, -0.25) is 18.6 Å². The first-order chi connectivity index (χ1) is 27.7. The van der Waals surface area contributed by atoms with Gasteiger partial charge in [-0.05, 0) is 12.8 Å². The molecule has 0 radical (unpaired) electrons. The Morgan fingerprint density at radius 2 is 0.807 bits per heavy atom. The predicted molar refractivity (Wildman–Crippen MR) is 236 cm³/mol. The Morgan fingerprint density at radius 1 is 0.491 bits per heavy atom. The van der Waals surface area contributed by atoms with E-state index in [2.05, 4.69) is 13.8 Å². The highest BCUT2D eigenvalue weighted by molar-refractivity contribution is 7.47. The van der Waals surface area contributed by atoms with Crippen LogP contribution < -0.4 is 5.73 Å². The van der Waals surface area contributed by atoms with Gasteiger partial charge in [-0.25, -0.2) is 4.57 Å². The van der Waals surface area contributed by atoms with Crippen LogP contribution in [-0.2, 0) is 32.7 Å². The molecule has 3 atom stereocenters. The van der Waals surface area contributed by atoms with Crippen LogP contribution in [0.25, 0.3) is 0 Å². The molecule has 0 spiro atoms. The second-order valence-electron chi connectivity index (χ2n) is 16.6. The van der Waals surface area contributed by atoms with Crippen molar-refractivity contribution < 1.29 is 42.7 Å². The van der Waals surface area contributed by atoms with Gasteiger partial charge in [0.1, 0.15) is 12.1 Å². The van der Waals surface area contributed by atoms with Gasteiger partial charge in [-0.1, -0.05) is 226 Å². The molecule has 0 aliphatic heterocycles. The van der Waals surface area contributed by atoms with Crippen LogP contribution in [0, 0.1) is 0 Å². The van der Waals surface area contributed by atoms with Crippen molar-refractivity contribution in [2.75, 3.05) is 26.4 Å². The molecular formula is C46H92NO9P. The lowest BCUT2D eigenvalue weighted by atomic mass is 10.0. The van der Waals surface area contributed by atoms with Crippen LogP contribution in [0.2, 0.25) is 0 Å². The quantitative estimate of drug-likeness (QED) is 0.0306. The minimum atomic E-state index is -4.61. The molecule has 0 aliphatic rings. The van der Waals surface area contributed by atoms with Gasteiger partial charge >= 0.3 is 19.8 Å². The van der Waals surface area contributed by atoms with Crippen LogP contribution in [0.15, 0.2) is 0 Å². The first kappa shape index (κ1) is 56.0. The van der Waals surface area contributed by atoms with Gasteiger partial charge < -0.3 is 25.2 Å². The van der Waals surface area contributed by atoms with Gasteiger partial charge in [-0.15, -0.1) is 0 Å². The summed E-state index contributed by atoms with van der Waals surface area (Å²) in [5.41, 5.74) is 5.37. The lowest BCUT2D eigenvalue weighted by molar-refractivity contribution is -0.154. The maximum absolute atomic E-state index is 12.7. The molecule has 0 heterocycles. The van der Waals surface area contributed by atoms with Crippen molar-refractivity contribution in [2.24, 2.45) is 5.73 Å². The molecule has 0 saturated heterocycles. The third-order valence-corrected chi connectivity index (χ3v) is 11.8. The largest absolute Gasteiger partial charge is 0.480 e. The molecule has 0 aromatic carbocycles. The molecule has 0 bridgehead atoms. The summed E-state index contributed by atoms with van der Waals surface area (Å²) < 4.78 is 33.5. The van der Waals surface area contributed by atoms with Crippen molar-refractivity contribution in [3.63, 3.8) is 0 Å². The number of carboxylic acid groups (broad SMARTS) is 1. The van der Waals surface area contributed by atoms with E-state index in [0.717, 1.165) is 38.5 Å². The van der Waals surface area contributed by atoms with Crippen molar-refractivity contribution in [2.45, 2.75) is 257 Å². The van der Waals surface area contributed by atoms with Crippen LogP contribution in [0.3, 0.4) is 0 Å². The Hall–Kier alpha value is -1.03. The van der Waals surface area contributed by atoms with Gasteiger partial charge in [0, 0.05) is 13.0 Å². The summed E-state index contributed by atoms with van der Waals surface area (Å²) in [5.74, 6) is -1.76. The smallest absolute Gasteiger partial charge is 0.472 e. The molecule has 0 rings (SSSR count). The van der Waals surface area contributed by atoms with Crippen molar-refractivity contribution in [3.8, 4) is 0 Å². The molecule has 0 amide bonds. The van der Waals surface area contributed by atoms with Crippen LogP contribution >= 0.6 is 7.82 Å². The minimum Gasteiger partial charge on any atom is -0.480 e. The van der Waals surface area contributed by atoms with E-state index in [1.54, 1.807) is 0 Å². The number of carboxylic acids is 1. The van der Waals surface area contributed by atoms with Crippen LogP contribution in [0.4, 0.5) is 0 Å². The number of hydrogen-bond acceptors (Lipinski definition) is 8. The number of carbonyl (C=O) groups is 2. The highest BCUT2D eigenvalue weighted by atomic mass is 31.2. The molecular weight excluding hydrogens is 741 g/mol. The van der Waals surface area contributed by atoms with E-state index in [9.17, 15) is 19.0 Å². The molecule has 11 heteroatoms. The van der Waals surface area contributed by atoms with E-state index in [-0.39, 0.29) is 13.0 Å². The number of ether oxygens (including phenoxy) is 2. The summed E-state index contributed by atoms with van der Waals surface area (Å²) in [6, 6.07) is -1.47. The summed E-state index contributed by atoms with van der Waals surface area (Å²) in [7, 11) is -4.61. The van der Waals surface area contributed by atoms with E-state index < -0.39 is 45.1 Å². The Balaban J connectivity index is 4.12. The van der Waals surface area contributed by atoms with Crippen LogP contribution in [-0.4, -0.2) is 60.5 Å². The number of rotatable bonds is 47. The Morgan fingerprint density at radius 3 is 1.16 bits per heavy atom. The van der Waals surface area contributed by atoms with Gasteiger partial charge in [0.25, 0.3) is 0 Å². The molecule has 0 saturated carbocycles. The zero-order valence-corrected chi connectivity index (χ0v) is 38.1. The van der Waals surface area contributed by atoms with E-state index in [1.807, 2.05) is 0 Å². The van der Waals surface area contributed by atoms with E-state index >= 15 is 0 Å². The molecule has 0 aliphatic carbocycles. The number of nitrogens with two attached hydrogens (primary N) is 1. The molecule has 57 heavy (non-hydrogen) atoms. The SMILES string of the molecule is CCCCCCCCCCCCCCCCCCCCOCC(COP(=O)(O)OCC(N)C(=O)O)OC(=O)CCCCCCCCCCCCCCCCCCC. The molecule has 10 nitrogen and oxygen atoms in total. The fraction of sp³-hybridized carbons (Fsp3) is 0.957. The van der Waals surface area contributed by atoms with Gasteiger partial charge in [0.15, 0.2) is 0 Å². The Kier molecular flexibility index (Phi) is 42.3. The first-order valence-corrected chi connectivity index (χ1v) is 25.6. The fourth-order valence-corrected chi connectivity index (χ4v) is 7.91. The lowest BCUT2D eigenvalue weighted by Crippen LogP contribution is -2.34. The monoisotopic (exact) mass is 834 g/mol. The number of aliphatic carboxylic acids is 1. The second-order valence-corrected chi connectivity index (χ2v) is 18.1. The highest BCUT2D eigenvalue weighted by Gasteiger charge is 2.27.